The van der Waals surface area contributed by atoms with E-state index in [2.05, 4.69) is 20.4 Å². The van der Waals surface area contributed by atoms with Crippen LogP contribution in [0.15, 0.2) is 24.8 Å². The molecule has 1 aromatic rings. The van der Waals surface area contributed by atoms with E-state index in [-0.39, 0.29) is 36.1 Å². The van der Waals surface area contributed by atoms with Crippen molar-refractivity contribution in [2.24, 2.45) is 28.6 Å². The molecule has 0 aliphatic heterocycles. The summed E-state index contributed by atoms with van der Waals surface area (Å²) in [5.41, 5.74) is -0.267. The summed E-state index contributed by atoms with van der Waals surface area (Å²) in [7, 11) is 4.71. The van der Waals surface area contributed by atoms with Gasteiger partial charge in [0.25, 0.3) is 0 Å². The number of nitrogens with zero attached hydrogens (tertiary/aromatic N) is 1. The minimum atomic E-state index is -0.664. The normalized spacial score (nSPS) is 32.0. The Morgan fingerprint density at radius 3 is 2.25 bits per heavy atom. The number of fused-ring (bicyclic) bond motifs is 2. The fraction of sp³-hybridized carbons (Fsp3) is 0.688. The maximum Gasteiger partial charge on any atom is 0.320 e. The van der Waals surface area contributed by atoms with Gasteiger partial charge >= 0.3 is 5.97 Å². The van der Waals surface area contributed by atoms with Crippen LogP contribution in [-0.4, -0.2) is 68.4 Å². The third-order valence-corrected chi connectivity index (χ3v) is 9.89. The van der Waals surface area contributed by atoms with E-state index >= 15 is 0 Å². The van der Waals surface area contributed by atoms with Gasteiger partial charge in [-0.25, -0.2) is 0 Å². The lowest BCUT2D eigenvalue weighted by Gasteiger charge is -2.56. The van der Waals surface area contributed by atoms with Gasteiger partial charge in [-0.1, -0.05) is 33.8 Å². The van der Waals surface area contributed by atoms with Gasteiger partial charge in [0.1, 0.15) is 11.9 Å². The van der Waals surface area contributed by atoms with E-state index in [0.29, 0.717) is 43.2 Å². The molecule has 0 radical (unpaired) electrons. The van der Waals surface area contributed by atoms with Gasteiger partial charge < -0.3 is 24.1 Å². The second-order valence-corrected chi connectivity index (χ2v) is 12.2. The molecule has 0 amide bonds. The second-order valence-electron chi connectivity index (χ2n) is 12.2. The van der Waals surface area contributed by atoms with Gasteiger partial charge in [-0.15, -0.1) is 6.58 Å². The van der Waals surface area contributed by atoms with Crippen molar-refractivity contribution in [2.45, 2.75) is 79.1 Å². The largest absolute Gasteiger partial charge is 0.493 e. The van der Waals surface area contributed by atoms with E-state index in [1.165, 1.54) is 0 Å². The highest BCUT2D eigenvalue weighted by molar-refractivity contribution is 5.80. The molecule has 2 aliphatic carbocycles. The summed E-state index contributed by atoms with van der Waals surface area (Å²) in [6, 6.07) is 3.76. The average Bonchev–Trinajstić information content (AvgIpc) is 2.92. The number of esters is 1. The summed E-state index contributed by atoms with van der Waals surface area (Å²) in [5, 5.41) is 11.3. The van der Waals surface area contributed by atoms with Gasteiger partial charge in [0.2, 0.25) is 5.75 Å². The number of carbonyl (C=O) groups excluding carboxylic acids is 2. The number of carbonyl (C=O) groups is 2. The molecule has 3 rings (SSSR count). The first-order valence-electron chi connectivity index (χ1n) is 14.4. The summed E-state index contributed by atoms with van der Waals surface area (Å²) in [6.45, 7) is 15.1. The fourth-order valence-electron chi connectivity index (χ4n) is 7.14. The predicted octanol–water partition coefficient (Wildman–Crippen LogP) is 5.05. The second kappa shape index (κ2) is 12.9. The number of Topliss-reactive ketones (excluding diaryl/α,β-unsaturated/α-hetero) is 1. The number of hydrogen-bond acceptors (Lipinski definition) is 8. The van der Waals surface area contributed by atoms with Crippen LogP contribution in [0.5, 0.6) is 17.2 Å². The van der Waals surface area contributed by atoms with Gasteiger partial charge in [0, 0.05) is 23.3 Å². The molecule has 2 bridgehead atoms. The highest BCUT2D eigenvalue weighted by atomic mass is 16.5. The van der Waals surface area contributed by atoms with Crippen LogP contribution in [0.25, 0.3) is 0 Å². The number of aliphatic hydroxyl groups is 1. The summed E-state index contributed by atoms with van der Waals surface area (Å²) < 4.78 is 22.8. The number of aliphatic hydroxyl groups excluding tert-OH is 1. The Hall–Kier alpha value is -2.58. The molecule has 2 saturated carbocycles. The number of ether oxygens (including phenoxy) is 4. The van der Waals surface area contributed by atoms with E-state index in [1.54, 1.807) is 34.3 Å². The first-order chi connectivity index (χ1) is 18.9. The molecule has 0 saturated heterocycles. The van der Waals surface area contributed by atoms with E-state index in [0.717, 1.165) is 18.4 Å². The Kier molecular flexibility index (Phi) is 10.3. The Morgan fingerprint density at radius 1 is 1.12 bits per heavy atom. The summed E-state index contributed by atoms with van der Waals surface area (Å²) in [6.07, 6.45) is 3.36. The molecule has 224 valence electrons. The first-order valence-corrected chi connectivity index (χ1v) is 14.4. The van der Waals surface area contributed by atoms with E-state index in [9.17, 15) is 14.7 Å². The van der Waals surface area contributed by atoms with Crippen molar-refractivity contribution in [3.63, 3.8) is 0 Å². The van der Waals surface area contributed by atoms with Gasteiger partial charge in [0.15, 0.2) is 11.5 Å². The molecular weight excluding hydrogens is 510 g/mol. The average molecular weight is 560 g/mol. The van der Waals surface area contributed by atoms with E-state index in [4.69, 9.17) is 18.9 Å². The molecule has 1 N–H and O–H groups in total. The minimum Gasteiger partial charge on any atom is -0.493 e. The molecule has 8 nitrogen and oxygen atoms in total. The molecule has 0 heterocycles. The lowest BCUT2D eigenvalue weighted by atomic mass is 9.50. The predicted molar refractivity (Wildman–Crippen MR) is 155 cm³/mol. The molecule has 0 aromatic heterocycles. The Labute approximate surface area is 240 Å². The Morgan fingerprint density at radius 2 is 1.75 bits per heavy atom. The van der Waals surface area contributed by atoms with Crippen LogP contribution in [0.4, 0.5) is 0 Å². The smallest absolute Gasteiger partial charge is 0.320 e. The molecular formula is C32H49NO7. The third kappa shape index (κ3) is 6.18. The lowest BCUT2D eigenvalue weighted by Crippen LogP contribution is -2.58. The maximum absolute atomic E-state index is 13.6. The van der Waals surface area contributed by atoms with E-state index < -0.39 is 23.0 Å². The van der Waals surface area contributed by atoms with Crippen LogP contribution in [0.3, 0.4) is 0 Å². The molecule has 7 atom stereocenters. The molecule has 8 heteroatoms. The number of benzene rings is 1. The maximum atomic E-state index is 13.6. The number of ketones is 1. The zero-order valence-electron chi connectivity index (χ0n) is 25.6. The van der Waals surface area contributed by atoms with Gasteiger partial charge in [-0.3, -0.25) is 14.5 Å². The number of likely N-dealkylation sites (N-methyl/N-ethyl adjacent to an activating group) is 1. The van der Waals surface area contributed by atoms with Crippen LogP contribution in [0, 0.1) is 28.6 Å². The zero-order chi connectivity index (χ0) is 29.8. The molecule has 1 aromatic carbocycles. The van der Waals surface area contributed by atoms with Crippen molar-refractivity contribution in [3.8, 4) is 17.2 Å². The fourth-order valence-corrected chi connectivity index (χ4v) is 7.14. The highest BCUT2D eigenvalue weighted by Crippen LogP contribution is 2.57. The topological polar surface area (TPSA) is 94.5 Å². The van der Waals surface area contributed by atoms with Crippen molar-refractivity contribution in [1.29, 1.82) is 0 Å². The van der Waals surface area contributed by atoms with Gasteiger partial charge in [-0.2, -0.15) is 0 Å². The van der Waals surface area contributed by atoms with Crippen molar-refractivity contribution in [2.75, 3.05) is 34.4 Å². The van der Waals surface area contributed by atoms with Gasteiger partial charge in [-0.05, 0) is 68.7 Å². The minimum absolute atomic E-state index is 0.0432. The quantitative estimate of drug-likeness (QED) is 0.297. The highest BCUT2D eigenvalue weighted by Gasteiger charge is 2.58. The standard InChI is InChI=1S/C32H49NO7/c1-10-31(5)17-27(32(6)20(3)12-13-23(16-26(31)35)29(32)21(4)34)40-28(36)19-33(11-2)18-22-14-24(37-7)30(39-9)25(15-22)38-8/h10,14-15,20,23,26-27,29,35H,1,11-13,16-19H2,2-9H3/t20?,23?,26-,27+,29?,31+,32-/m0/s1. The van der Waals surface area contributed by atoms with Gasteiger partial charge in [0.05, 0.1) is 34.0 Å². The summed E-state index contributed by atoms with van der Waals surface area (Å²) >= 11 is 0. The number of hydrogen-bond donors (Lipinski definition) is 1. The van der Waals surface area contributed by atoms with Crippen molar-refractivity contribution < 1.29 is 33.6 Å². The van der Waals surface area contributed by atoms with Crippen LogP contribution >= 0.6 is 0 Å². The van der Waals surface area contributed by atoms with Crippen molar-refractivity contribution in [1.82, 2.24) is 4.90 Å². The molecule has 3 unspecified atom stereocenters. The molecule has 40 heavy (non-hydrogen) atoms. The Balaban J connectivity index is 1.89. The monoisotopic (exact) mass is 559 g/mol. The van der Waals surface area contributed by atoms with Crippen molar-refractivity contribution >= 4 is 11.8 Å². The van der Waals surface area contributed by atoms with Crippen LogP contribution in [0.1, 0.15) is 65.9 Å². The zero-order valence-corrected chi connectivity index (χ0v) is 25.6. The third-order valence-electron chi connectivity index (χ3n) is 9.89. The molecule has 2 aliphatic rings. The summed E-state index contributed by atoms with van der Waals surface area (Å²) in [4.78, 5) is 28.7. The number of methoxy groups -OCH3 is 3. The van der Waals surface area contributed by atoms with Crippen LogP contribution in [-0.2, 0) is 20.9 Å². The van der Waals surface area contributed by atoms with E-state index in [1.807, 2.05) is 30.9 Å². The van der Waals surface area contributed by atoms with Crippen molar-refractivity contribution in [3.05, 3.63) is 30.4 Å². The Bertz CT molecular complexity index is 1050. The van der Waals surface area contributed by atoms with Crippen LogP contribution in [0.2, 0.25) is 0 Å². The number of rotatable bonds is 11. The molecule has 2 fully saturated rings. The lowest BCUT2D eigenvalue weighted by molar-refractivity contribution is -0.186. The molecule has 0 spiro atoms. The SMILES string of the molecule is C=C[C@]1(C)C[C@@H](OC(=O)CN(CC)Cc2cc(OC)c(OC)c(OC)c2)[C@]2(C)C(C)CCC(C[C@@H]1O)C2C(C)=O. The first kappa shape index (κ1) is 31.9. The summed E-state index contributed by atoms with van der Waals surface area (Å²) in [5.74, 6) is 1.32. The van der Waals surface area contributed by atoms with Crippen LogP contribution < -0.4 is 14.2 Å².